The largest absolute Gasteiger partial charge is 0.606 e. The van der Waals surface area contributed by atoms with Crippen LogP contribution < -0.4 is 0 Å². The number of aromatic nitrogens is 1. The quantitative estimate of drug-likeness (QED) is 0.298. The predicted octanol–water partition coefficient (Wildman–Crippen LogP) is 6.26. The van der Waals surface area contributed by atoms with E-state index < -0.39 is 11.2 Å². The molecule has 4 rings (SSSR count). The Morgan fingerprint density at radius 1 is 0.714 bits per heavy atom. The van der Waals surface area contributed by atoms with E-state index in [0.29, 0.717) is 0 Å². The van der Waals surface area contributed by atoms with Crippen LogP contribution in [-0.4, -0.2) is 9.12 Å². The average Bonchev–Trinajstić information content (AvgIpc) is 2.76. The van der Waals surface area contributed by atoms with Crippen LogP contribution in [0.5, 0.6) is 0 Å². The smallest absolute Gasteiger partial charge is 0.159 e. The summed E-state index contributed by atoms with van der Waals surface area (Å²) in [5, 5.41) is 0. The highest BCUT2D eigenvalue weighted by atomic mass is 32.2. The van der Waals surface area contributed by atoms with Crippen molar-refractivity contribution < 1.29 is 4.55 Å². The molecular weight excluding hydrogens is 382 g/mol. The molecule has 0 aliphatic heterocycles. The molecule has 4 aromatic rings. The highest BCUT2D eigenvalue weighted by Crippen LogP contribution is 2.31. The minimum atomic E-state index is -1.22. The van der Waals surface area contributed by atoms with Crippen molar-refractivity contribution in [1.82, 2.24) is 4.57 Å². The Morgan fingerprint density at radius 2 is 1.25 bits per heavy atom. The van der Waals surface area contributed by atoms with Gasteiger partial charge in [-0.15, -0.1) is 0 Å². The summed E-state index contributed by atoms with van der Waals surface area (Å²) in [4.78, 5) is 1.56. The van der Waals surface area contributed by atoms with Gasteiger partial charge in [0.15, 0.2) is 9.79 Å². The first-order valence-corrected chi connectivity index (χ1v) is 10.5. The molecule has 0 aliphatic carbocycles. The minimum Gasteiger partial charge on any atom is -0.606 e. The zero-order valence-electron chi connectivity index (χ0n) is 15.4. The molecule has 28 heavy (non-hydrogen) atoms. The van der Waals surface area contributed by atoms with Crippen molar-refractivity contribution in [2.75, 3.05) is 0 Å². The molecule has 3 aromatic carbocycles. The first-order valence-electron chi connectivity index (χ1n) is 8.96. The van der Waals surface area contributed by atoms with Gasteiger partial charge < -0.3 is 9.12 Å². The van der Waals surface area contributed by atoms with E-state index in [4.69, 9.17) is 12.2 Å². The summed E-state index contributed by atoms with van der Waals surface area (Å²) in [6.07, 6.45) is 4.08. The van der Waals surface area contributed by atoms with E-state index in [1.807, 2.05) is 96.8 Å². The second-order valence-electron chi connectivity index (χ2n) is 6.56. The van der Waals surface area contributed by atoms with E-state index in [1.165, 1.54) is 0 Å². The van der Waals surface area contributed by atoms with Crippen molar-refractivity contribution >= 4 is 23.4 Å². The summed E-state index contributed by atoms with van der Waals surface area (Å²) in [6, 6.07) is 27.5. The molecule has 0 fully saturated rings. The van der Waals surface area contributed by atoms with Crippen molar-refractivity contribution in [3.63, 3.8) is 0 Å². The number of aryl methyl sites for hydroxylation is 1. The highest BCUT2D eigenvalue weighted by molar-refractivity contribution is 7.91. The van der Waals surface area contributed by atoms with Crippen LogP contribution in [0, 0.1) is 4.51 Å². The third kappa shape index (κ3) is 3.80. The Balaban J connectivity index is 1.80. The van der Waals surface area contributed by atoms with Crippen LogP contribution in [-0.2, 0) is 18.2 Å². The van der Waals surface area contributed by atoms with Crippen molar-refractivity contribution in [2.24, 2.45) is 7.05 Å². The van der Waals surface area contributed by atoms with Crippen LogP contribution in [0.1, 0.15) is 0 Å². The lowest BCUT2D eigenvalue weighted by molar-refractivity contribution is 0.595. The normalized spacial score (nSPS) is 11.9. The minimum absolute atomic E-state index is 0.769. The van der Waals surface area contributed by atoms with E-state index >= 15 is 0 Å². The molecule has 1 aromatic heterocycles. The topological polar surface area (TPSA) is 28.0 Å². The maximum Gasteiger partial charge on any atom is 0.159 e. The third-order valence-electron chi connectivity index (χ3n) is 4.56. The zero-order chi connectivity index (χ0) is 19.5. The Kier molecular flexibility index (Phi) is 5.44. The van der Waals surface area contributed by atoms with Crippen LogP contribution in [0.15, 0.2) is 107 Å². The Morgan fingerprint density at radius 3 is 1.93 bits per heavy atom. The number of hydrogen-bond acceptors (Lipinski definition) is 2. The third-order valence-corrected chi connectivity index (χ3v) is 6.38. The molecule has 0 saturated carbocycles. The fourth-order valence-corrected chi connectivity index (χ4v) is 4.65. The molecule has 4 heteroatoms. The zero-order valence-corrected chi connectivity index (χ0v) is 17.0. The van der Waals surface area contributed by atoms with E-state index in [0.717, 1.165) is 36.6 Å². The second-order valence-corrected chi connectivity index (χ2v) is 8.44. The van der Waals surface area contributed by atoms with Crippen LogP contribution in [0.4, 0.5) is 0 Å². The van der Waals surface area contributed by atoms with Gasteiger partial charge in [0.25, 0.3) is 0 Å². The van der Waals surface area contributed by atoms with E-state index in [1.54, 1.807) is 0 Å². The molecule has 1 atom stereocenters. The first-order chi connectivity index (χ1) is 13.6. The first kappa shape index (κ1) is 18.7. The van der Waals surface area contributed by atoms with Crippen molar-refractivity contribution in [3.8, 4) is 22.3 Å². The molecule has 1 unspecified atom stereocenters. The van der Waals surface area contributed by atoms with Gasteiger partial charge in [0.2, 0.25) is 0 Å². The predicted molar refractivity (Wildman–Crippen MR) is 118 cm³/mol. The van der Waals surface area contributed by atoms with Gasteiger partial charge in [-0.3, -0.25) is 0 Å². The summed E-state index contributed by atoms with van der Waals surface area (Å²) in [5.74, 6) is 0. The van der Waals surface area contributed by atoms with Gasteiger partial charge in [-0.25, -0.2) is 0 Å². The van der Waals surface area contributed by atoms with Gasteiger partial charge in [0.1, 0.15) is 0 Å². The maximum absolute atomic E-state index is 12.9. The lowest BCUT2D eigenvalue weighted by Gasteiger charge is -2.13. The number of hydrogen-bond donors (Lipinski definition) is 0. The lowest BCUT2D eigenvalue weighted by atomic mass is 10.0. The van der Waals surface area contributed by atoms with E-state index in [2.05, 4.69) is 12.1 Å². The van der Waals surface area contributed by atoms with Gasteiger partial charge in [0, 0.05) is 47.8 Å². The number of rotatable bonds is 4. The molecule has 0 saturated heterocycles. The standard InChI is InChI=1S/C24H19NOS2/c1-25-16-22(18-9-4-2-5-10-18)24(27)23(17-25)19-11-8-14-21(15-19)28(26)20-12-6-3-7-13-20/h2-17H,1H3. The van der Waals surface area contributed by atoms with Gasteiger partial charge in [-0.05, 0) is 29.3 Å². The van der Waals surface area contributed by atoms with Gasteiger partial charge >= 0.3 is 0 Å². The van der Waals surface area contributed by atoms with Crippen molar-refractivity contribution in [3.05, 3.63) is 102 Å². The fourth-order valence-electron chi connectivity index (χ4n) is 3.19. The van der Waals surface area contributed by atoms with Crippen LogP contribution in [0.3, 0.4) is 0 Å². The molecule has 2 nitrogen and oxygen atoms in total. The molecule has 0 amide bonds. The van der Waals surface area contributed by atoms with Gasteiger partial charge in [0.05, 0.1) is 4.51 Å². The van der Waals surface area contributed by atoms with Crippen LogP contribution >= 0.6 is 12.2 Å². The second kappa shape index (κ2) is 8.15. The average molecular weight is 402 g/mol. The molecule has 0 spiro atoms. The fraction of sp³-hybridized carbons (Fsp3) is 0.0417. The SMILES string of the molecule is Cn1cc(-c2ccccc2)c(=S)c(-c2cccc([S+]([O-])c3ccccc3)c2)c1. The Labute approximate surface area is 173 Å². The van der Waals surface area contributed by atoms with Gasteiger partial charge in [-0.1, -0.05) is 72.9 Å². The molecular formula is C24H19NOS2. The number of nitrogens with zero attached hydrogens (tertiary/aromatic N) is 1. The molecule has 0 radical (unpaired) electrons. The Hall–Kier alpha value is -2.66. The van der Waals surface area contributed by atoms with Crippen molar-refractivity contribution in [2.45, 2.75) is 9.79 Å². The summed E-state index contributed by atoms with van der Waals surface area (Å²) < 4.78 is 15.8. The Bertz CT molecular complexity index is 1150. The molecule has 1 heterocycles. The molecule has 0 N–H and O–H groups in total. The monoisotopic (exact) mass is 401 g/mol. The maximum atomic E-state index is 12.9. The molecule has 0 bridgehead atoms. The van der Waals surface area contributed by atoms with Crippen LogP contribution in [0.2, 0.25) is 0 Å². The highest BCUT2D eigenvalue weighted by Gasteiger charge is 2.16. The van der Waals surface area contributed by atoms with E-state index in [-0.39, 0.29) is 0 Å². The summed E-state index contributed by atoms with van der Waals surface area (Å²) >= 11 is 4.60. The number of benzene rings is 3. The summed E-state index contributed by atoms with van der Waals surface area (Å²) in [5.41, 5.74) is 4.05. The summed E-state index contributed by atoms with van der Waals surface area (Å²) in [6.45, 7) is 0. The summed E-state index contributed by atoms with van der Waals surface area (Å²) in [7, 11) is 2.00. The van der Waals surface area contributed by atoms with Crippen molar-refractivity contribution in [1.29, 1.82) is 0 Å². The van der Waals surface area contributed by atoms with Crippen LogP contribution in [0.25, 0.3) is 22.3 Å². The number of pyridine rings is 1. The molecule has 0 aliphatic rings. The molecule has 138 valence electrons. The van der Waals surface area contributed by atoms with E-state index in [9.17, 15) is 4.55 Å². The van der Waals surface area contributed by atoms with Gasteiger partial charge in [-0.2, -0.15) is 0 Å². The lowest BCUT2D eigenvalue weighted by Crippen LogP contribution is -2.02.